The predicted octanol–water partition coefficient (Wildman–Crippen LogP) is 0.0777. The molecule has 1 heterocycles. The summed E-state index contributed by atoms with van der Waals surface area (Å²) >= 11 is 0. The summed E-state index contributed by atoms with van der Waals surface area (Å²) in [4.78, 5) is 6.86. The second-order valence-electron chi connectivity index (χ2n) is 4.62. The third kappa shape index (κ3) is 4.17. The van der Waals surface area contributed by atoms with E-state index in [0.29, 0.717) is 12.6 Å². The lowest BCUT2D eigenvalue weighted by Crippen LogP contribution is -2.36. The molecule has 15 heavy (non-hydrogen) atoms. The molecule has 1 aliphatic rings. The molecule has 0 bridgehead atoms. The zero-order chi connectivity index (χ0) is 11.3. The highest BCUT2D eigenvalue weighted by Crippen LogP contribution is 2.13. The van der Waals surface area contributed by atoms with Crippen molar-refractivity contribution >= 4 is 0 Å². The molecule has 1 rings (SSSR count). The van der Waals surface area contributed by atoms with Gasteiger partial charge in [0.05, 0.1) is 12.6 Å². The minimum atomic E-state index is 0.548. The second kappa shape index (κ2) is 6.06. The van der Waals surface area contributed by atoms with E-state index in [-0.39, 0.29) is 0 Å². The number of likely N-dealkylation sites (tertiary alicyclic amines) is 1. The molecular weight excluding hydrogens is 188 g/mol. The Kier molecular flexibility index (Phi) is 5.03. The number of hydrogen-bond donors (Lipinski definition) is 0. The highest BCUT2D eigenvalue weighted by Gasteiger charge is 2.24. The van der Waals surface area contributed by atoms with Gasteiger partial charge in [0.1, 0.15) is 0 Å². The lowest BCUT2D eigenvalue weighted by atomic mass is 10.2. The highest BCUT2D eigenvalue weighted by molar-refractivity contribution is 4.86. The smallest absolute Gasteiger partial charge is 0.0866 e. The average molecular weight is 210 g/mol. The van der Waals surface area contributed by atoms with Gasteiger partial charge in [0.2, 0.25) is 0 Å². The summed E-state index contributed by atoms with van der Waals surface area (Å²) in [5.74, 6) is 0. The first-order chi connectivity index (χ1) is 7.13. The number of nitriles is 1. The monoisotopic (exact) mass is 210 g/mol. The Balaban J connectivity index is 2.23. The van der Waals surface area contributed by atoms with E-state index in [1.54, 1.807) is 0 Å². The fourth-order valence-corrected chi connectivity index (χ4v) is 1.96. The SMILES string of the molecule is CN(C)CCN1CCC(N(C)CC#N)C1. The van der Waals surface area contributed by atoms with Crippen molar-refractivity contribution in [1.29, 1.82) is 5.26 Å². The molecule has 0 spiro atoms. The summed E-state index contributed by atoms with van der Waals surface area (Å²) in [5, 5.41) is 8.63. The van der Waals surface area contributed by atoms with Gasteiger partial charge in [-0.1, -0.05) is 0 Å². The van der Waals surface area contributed by atoms with Crippen LogP contribution in [0.2, 0.25) is 0 Å². The normalized spacial score (nSPS) is 22.5. The van der Waals surface area contributed by atoms with Gasteiger partial charge in [-0.3, -0.25) is 4.90 Å². The van der Waals surface area contributed by atoms with Crippen molar-refractivity contribution in [3.05, 3.63) is 0 Å². The van der Waals surface area contributed by atoms with Crippen LogP contribution in [0.15, 0.2) is 0 Å². The lowest BCUT2D eigenvalue weighted by Gasteiger charge is -2.22. The van der Waals surface area contributed by atoms with Crippen LogP contribution < -0.4 is 0 Å². The molecule has 0 aromatic rings. The summed E-state index contributed by atoms with van der Waals surface area (Å²) in [6.07, 6.45) is 1.20. The summed E-state index contributed by atoms with van der Waals surface area (Å²) in [6, 6.07) is 2.78. The Labute approximate surface area is 93.1 Å². The van der Waals surface area contributed by atoms with Crippen LogP contribution in [0.5, 0.6) is 0 Å². The van der Waals surface area contributed by atoms with E-state index in [0.717, 1.165) is 19.6 Å². The molecule has 1 fully saturated rings. The molecule has 0 radical (unpaired) electrons. The molecule has 0 aromatic heterocycles. The summed E-state index contributed by atoms with van der Waals surface area (Å²) in [7, 11) is 6.26. The summed E-state index contributed by atoms with van der Waals surface area (Å²) in [6.45, 7) is 5.10. The summed E-state index contributed by atoms with van der Waals surface area (Å²) < 4.78 is 0. The lowest BCUT2D eigenvalue weighted by molar-refractivity contribution is 0.238. The molecule has 0 saturated carbocycles. The first-order valence-electron chi connectivity index (χ1n) is 5.57. The number of rotatable bonds is 5. The maximum absolute atomic E-state index is 8.63. The molecular formula is C11H22N4. The van der Waals surface area contributed by atoms with Gasteiger partial charge in [-0.05, 0) is 34.1 Å². The molecule has 86 valence electrons. The standard InChI is InChI=1S/C11H22N4/c1-13(2)8-9-15-6-4-11(10-15)14(3)7-5-12/h11H,4,6-10H2,1-3H3. The molecule has 1 aliphatic heterocycles. The van der Waals surface area contributed by atoms with Crippen molar-refractivity contribution in [2.75, 3.05) is 53.9 Å². The molecule has 0 aliphatic carbocycles. The number of hydrogen-bond acceptors (Lipinski definition) is 4. The van der Waals surface area contributed by atoms with E-state index in [1.807, 2.05) is 7.05 Å². The summed E-state index contributed by atoms with van der Waals surface area (Å²) in [5.41, 5.74) is 0. The first kappa shape index (κ1) is 12.4. The van der Waals surface area contributed by atoms with Crippen molar-refractivity contribution in [2.24, 2.45) is 0 Å². The molecule has 4 nitrogen and oxygen atoms in total. The van der Waals surface area contributed by atoms with Crippen molar-refractivity contribution in [3.63, 3.8) is 0 Å². The van der Waals surface area contributed by atoms with E-state index in [1.165, 1.54) is 13.0 Å². The minimum Gasteiger partial charge on any atom is -0.308 e. The Morgan fingerprint density at radius 1 is 1.40 bits per heavy atom. The van der Waals surface area contributed by atoms with Gasteiger partial charge in [0, 0.05) is 25.7 Å². The Bertz CT molecular complexity index is 221. The average Bonchev–Trinajstić information content (AvgIpc) is 2.63. The second-order valence-corrected chi connectivity index (χ2v) is 4.62. The van der Waals surface area contributed by atoms with Crippen LogP contribution in [0, 0.1) is 11.3 Å². The Morgan fingerprint density at radius 3 is 2.73 bits per heavy atom. The van der Waals surface area contributed by atoms with Crippen LogP contribution in [0.1, 0.15) is 6.42 Å². The van der Waals surface area contributed by atoms with Crippen molar-refractivity contribution in [1.82, 2.24) is 14.7 Å². The van der Waals surface area contributed by atoms with Gasteiger partial charge in [0.25, 0.3) is 0 Å². The largest absolute Gasteiger partial charge is 0.308 e. The van der Waals surface area contributed by atoms with E-state index < -0.39 is 0 Å². The van der Waals surface area contributed by atoms with Gasteiger partial charge in [-0.25, -0.2) is 0 Å². The van der Waals surface area contributed by atoms with Gasteiger partial charge >= 0.3 is 0 Å². The van der Waals surface area contributed by atoms with Crippen LogP contribution in [-0.2, 0) is 0 Å². The Hall–Kier alpha value is -0.630. The van der Waals surface area contributed by atoms with Gasteiger partial charge in [-0.2, -0.15) is 5.26 Å². The van der Waals surface area contributed by atoms with Gasteiger partial charge in [-0.15, -0.1) is 0 Å². The van der Waals surface area contributed by atoms with Crippen LogP contribution in [0.3, 0.4) is 0 Å². The van der Waals surface area contributed by atoms with Crippen LogP contribution in [0.25, 0.3) is 0 Å². The minimum absolute atomic E-state index is 0.548. The molecule has 0 N–H and O–H groups in total. The maximum Gasteiger partial charge on any atom is 0.0866 e. The van der Waals surface area contributed by atoms with Crippen LogP contribution in [0.4, 0.5) is 0 Å². The predicted molar refractivity (Wildman–Crippen MR) is 61.6 cm³/mol. The van der Waals surface area contributed by atoms with E-state index in [2.05, 4.69) is 34.9 Å². The quantitative estimate of drug-likeness (QED) is 0.602. The maximum atomic E-state index is 8.63. The van der Waals surface area contributed by atoms with Crippen LogP contribution >= 0.6 is 0 Å². The zero-order valence-electron chi connectivity index (χ0n) is 10.1. The van der Waals surface area contributed by atoms with E-state index in [9.17, 15) is 0 Å². The number of likely N-dealkylation sites (N-methyl/N-ethyl adjacent to an activating group) is 2. The van der Waals surface area contributed by atoms with E-state index in [4.69, 9.17) is 5.26 Å². The number of nitrogens with zero attached hydrogens (tertiary/aromatic N) is 4. The fraction of sp³-hybridized carbons (Fsp3) is 0.909. The third-order valence-electron chi connectivity index (χ3n) is 3.05. The third-order valence-corrected chi connectivity index (χ3v) is 3.05. The Morgan fingerprint density at radius 2 is 2.13 bits per heavy atom. The molecule has 1 unspecified atom stereocenters. The molecule has 4 heteroatoms. The van der Waals surface area contributed by atoms with E-state index >= 15 is 0 Å². The van der Waals surface area contributed by atoms with Gasteiger partial charge < -0.3 is 9.80 Å². The van der Waals surface area contributed by atoms with Crippen molar-refractivity contribution in [2.45, 2.75) is 12.5 Å². The molecule has 0 amide bonds. The molecule has 1 atom stereocenters. The highest BCUT2D eigenvalue weighted by atomic mass is 15.2. The van der Waals surface area contributed by atoms with Crippen LogP contribution in [-0.4, -0.2) is 74.6 Å². The first-order valence-corrected chi connectivity index (χ1v) is 5.57. The topological polar surface area (TPSA) is 33.5 Å². The molecule has 0 aromatic carbocycles. The van der Waals surface area contributed by atoms with Crippen molar-refractivity contribution < 1.29 is 0 Å². The van der Waals surface area contributed by atoms with Crippen molar-refractivity contribution in [3.8, 4) is 6.07 Å². The zero-order valence-corrected chi connectivity index (χ0v) is 10.1. The van der Waals surface area contributed by atoms with Gasteiger partial charge in [0.15, 0.2) is 0 Å². The fourth-order valence-electron chi connectivity index (χ4n) is 1.96. The molecule has 1 saturated heterocycles.